The molecule has 4 rings (SSSR count). The molecule has 3 aromatic rings. The summed E-state index contributed by atoms with van der Waals surface area (Å²) >= 11 is 0. The lowest BCUT2D eigenvalue weighted by Crippen LogP contribution is -2.23. The molecule has 28 heavy (non-hydrogen) atoms. The molecule has 4 heterocycles. The van der Waals surface area contributed by atoms with Crippen molar-refractivity contribution in [3.8, 4) is 0 Å². The van der Waals surface area contributed by atoms with Gasteiger partial charge in [-0.1, -0.05) is 0 Å². The minimum atomic E-state index is -4.56. The van der Waals surface area contributed by atoms with Crippen molar-refractivity contribution in [2.24, 2.45) is 0 Å². The number of nitrogens with zero attached hydrogens (tertiary/aromatic N) is 5. The van der Waals surface area contributed by atoms with Crippen molar-refractivity contribution in [3.05, 3.63) is 48.0 Å². The molecule has 0 spiro atoms. The summed E-state index contributed by atoms with van der Waals surface area (Å²) < 4.78 is 52.5. The van der Waals surface area contributed by atoms with Gasteiger partial charge in [0.2, 0.25) is 0 Å². The first-order valence-electron chi connectivity index (χ1n) is 8.39. The third-order valence-electron chi connectivity index (χ3n) is 4.35. The van der Waals surface area contributed by atoms with E-state index in [1.54, 1.807) is 17.0 Å². The summed E-state index contributed by atoms with van der Waals surface area (Å²) in [5, 5.41) is 6.82. The fourth-order valence-electron chi connectivity index (χ4n) is 2.94. The fourth-order valence-corrected chi connectivity index (χ4v) is 2.94. The summed E-state index contributed by atoms with van der Waals surface area (Å²) in [7, 11) is 0. The highest BCUT2D eigenvalue weighted by atomic mass is 19.4. The van der Waals surface area contributed by atoms with Crippen molar-refractivity contribution in [1.29, 1.82) is 0 Å². The summed E-state index contributed by atoms with van der Waals surface area (Å²) in [6.45, 7) is 0.749. The Hall–Kier alpha value is -3.24. The molecule has 0 radical (unpaired) electrons. The molecule has 1 amide bonds. The molecule has 1 aliphatic heterocycles. The van der Waals surface area contributed by atoms with Crippen LogP contribution in [-0.2, 0) is 6.18 Å². The molecule has 146 valence electrons. The van der Waals surface area contributed by atoms with E-state index in [9.17, 15) is 22.4 Å². The number of rotatable bonds is 3. The van der Waals surface area contributed by atoms with E-state index in [4.69, 9.17) is 0 Å². The Morgan fingerprint density at radius 3 is 2.61 bits per heavy atom. The van der Waals surface area contributed by atoms with E-state index in [0.717, 1.165) is 18.3 Å². The summed E-state index contributed by atoms with van der Waals surface area (Å²) in [5.74, 6) is -0.0978. The second-order valence-corrected chi connectivity index (χ2v) is 6.32. The molecule has 0 saturated carbocycles. The van der Waals surface area contributed by atoms with Gasteiger partial charge in [-0.3, -0.25) is 4.79 Å². The van der Waals surface area contributed by atoms with Crippen LogP contribution in [0.1, 0.15) is 22.6 Å². The van der Waals surface area contributed by atoms with Crippen LogP contribution in [0.3, 0.4) is 0 Å². The molecule has 7 nitrogen and oxygen atoms in total. The first-order chi connectivity index (χ1) is 13.3. The van der Waals surface area contributed by atoms with Crippen molar-refractivity contribution >= 4 is 23.1 Å². The number of alkyl halides is 4. The van der Waals surface area contributed by atoms with Crippen LogP contribution in [0.4, 0.5) is 29.1 Å². The average Bonchev–Trinajstić information content (AvgIpc) is 3.27. The lowest BCUT2D eigenvalue weighted by Gasteiger charge is -2.16. The number of carbonyl (C=O) groups is 1. The Bertz CT molecular complexity index is 1020. The van der Waals surface area contributed by atoms with Gasteiger partial charge in [0.15, 0.2) is 11.3 Å². The first kappa shape index (κ1) is 18.1. The number of fused-ring (bicyclic) bond motifs is 1. The van der Waals surface area contributed by atoms with Gasteiger partial charge in [0.25, 0.3) is 5.91 Å². The maximum Gasteiger partial charge on any atom is 0.433 e. The Morgan fingerprint density at radius 1 is 1.14 bits per heavy atom. The molecule has 1 aliphatic rings. The van der Waals surface area contributed by atoms with E-state index in [0.29, 0.717) is 24.4 Å². The molecule has 0 aromatic carbocycles. The third-order valence-corrected chi connectivity index (χ3v) is 4.35. The van der Waals surface area contributed by atoms with Gasteiger partial charge in [0, 0.05) is 6.54 Å². The van der Waals surface area contributed by atoms with E-state index in [1.165, 1.54) is 10.7 Å². The van der Waals surface area contributed by atoms with Crippen molar-refractivity contribution in [2.75, 3.05) is 23.3 Å². The number of hydrogen-bond acceptors (Lipinski definition) is 5. The lowest BCUT2D eigenvalue weighted by molar-refractivity contribution is -0.141. The number of carbonyl (C=O) groups excluding carboxylic acids is 1. The molecule has 0 unspecified atom stereocenters. The van der Waals surface area contributed by atoms with Crippen LogP contribution >= 0.6 is 0 Å². The number of amides is 1. The molecule has 1 N–H and O–H groups in total. The predicted molar refractivity (Wildman–Crippen MR) is 91.9 cm³/mol. The highest BCUT2D eigenvalue weighted by molar-refractivity contribution is 6.03. The largest absolute Gasteiger partial charge is 0.433 e. The molecule has 0 aliphatic carbocycles. The van der Waals surface area contributed by atoms with Gasteiger partial charge in [-0.05, 0) is 30.7 Å². The summed E-state index contributed by atoms with van der Waals surface area (Å²) in [4.78, 5) is 21.7. The Balaban J connectivity index is 1.57. The van der Waals surface area contributed by atoms with Gasteiger partial charge in [0.1, 0.15) is 17.7 Å². The number of anilines is 2. The Morgan fingerprint density at radius 2 is 1.96 bits per heavy atom. The van der Waals surface area contributed by atoms with Crippen molar-refractivity contribution < 1.29 is 22.4 Å². The van der Waals surface area contributed by atoms with Crippen molar-refractivity contribution in [1.82, 2.24) is 19.6 Å². The van der Waals surface area contributed by atoms with Gasteiger partial charge in [-0.25, -0.2) is 18.9 Å². The predicted octanol–water partition coefficient (Wildman–Crippen LogP) is 2.94. The Kier molecular flexibility index (Phi) is 4.36. The molecule has 1 saturated heterocycles. The van der Waals surface area contributed by atoms with Gasteiger partial charge in [-0.2, -0.15) is 13.2 Å². The quantitative estimate of drug-likeness (QED) is 0.692. The smallest absolute Gasteiger partial charge is 0.352 e. The average molecular weight is 394 g/mol. The van der Waals surface area contributed by atoms with E-state index in [2.05, 4.69) is 20.4 Å². The molecular formula is C17H14F4N6O. The molecule has 0 bridgehead atoms. The molecule has 1 atom stereocenters. The van der Waals surface area contributed by atoms with Crippen LogP contribution in [0.5, 0.6) is 0 Å². The summed E-state index contributed by atoms with van der Waals surface area (Å²) in [6, 6.07) is 5.24. The fraction of sp³-hybridized carbons (Fsp3) is 0.294. The van der Waals surface area contributed by atoms with E-state index < -0.39 is 23.9 Å². The number of hydrogen-bond donors (Lipinski definition) is 1. The van der Waals surface area contributed by atoms with E-state index in [-0.39, 0.29) is 17.9 Å². The number of nitrogens with one attached hydrogen (secondary N) is 1. The second kappa shape index (κ2) is 6.73. The maximum atomic E-state index is 13.4. The minimum absolute atomic E-state index is 0.0905. The van der Waals surface area contributed by atoms with E-state index >= 15 is 0 Å². The van der Waals surface area contributed by atoms with Crippen LogP contribution in [0, 0.1) is 0 Å². The zero-order valence-electron chi connectivity index (χ0n) is 14.3. The normalized spacial score (nSPS) is 17.3. The minimum Gasteiger partial charge on any atom is -0.352 e. The summed E-state index contributed by atoms with van der Waals surface area (Å²) in [5.41, 5.74) is -0.449. The highest BCUT2D eigenvalue weighted by Gasteiger charge is 2.32. The molecule has 1 fully saturated rings. The second-order valence-electron chi connectivity index (χ2n) is 6.32. The van der Waals surface area contributed by atoms with Crippen molar-refractivity contribution in [3.63, 3.8) is 0 Å². The molecule has 11 heteroatoms. The topological polar surface area (TPSA) is 75.4 Å². The van der Waals surface area contributed by atoms with Gasteiger partial charge >= 0.3 is 6.18 Å². The Labute approximate surface area is 156 Å². The number of aromatic nitrogens is 4. The van der Waals surface area contributed by atoms with Crippen LogP contribution in [-0.4, -0.2) is 44.8 Å². The highest BCUT2D eigenvalue weighted by Crippen LogP contribution is 2.28. The van der Waals surface area contributed by atoms with Crippen LogP contribution < -0.4 is 10.2 Å². The number of imidazole rings is 1. The van der Waals surface area contributed by atoms with Crippen LogP contribution in [0.15, 0.2) is 36.7 Å². The molecular weight excluding hydrogens is 380 g/mol. The zero-order valence-corrected chi connectivity index (χ0v) is 14.3. The summed E-state index contributed by atoms with van der Waals surface area (Å²) in [6.07, 6.45) is -2.83. The third kappa shape index (κ3) is 3.47. The van der Waals surface area contributed by atoms with Gasteiger partial charge < -0.3 is 10.2 Å². The monoisotopic (exact) mass is 394 g/mol. The van der Waals surface area contributed by atoms with Crippen molar-refractivity contribution in [2.45, 2.75) is 18.8 Å². The number of halogens is 4. The van der Waals surface area contributed by atoms with Gasteiger partial charge in [-0.15, -0.1) is 5.10 Å². The lowest BCUT2D eigenvalue weighted by atomic mass is 10.3. The van der Waals surface area contributed by atoms with Crippen LogP contribution in [0.25, 0.3) is 5.65 Å². The van der Waals surface area contributed by atoms with Crippen LogP contribution in [0.2, 0.25) is 0 Å². The van der Waals surface area contributed by atoms with E-state index in [1.807, 2.05) is 0 Å². The number of pyridine rings is 1. The van der Waals surface area contributed by atoms with Gasteiger partial charge in [0.05, 0.1) is 24.6 Å². The first-order valence-corrected chi connectivity index (χ1v) is 8.39. The molecule has 3 aromatic heterocycles. The standard InChI is InChI=1S/C17H14F4N6O/c18-10-5-6-26(9-10)15-4-3-14-23-8-12(27(14)25-15)16(28)24-11-1-2-13(22-7-11)17(19,20)21/h1-4,7-8,10H,5-6,9H2,(H,24,28)/t10-/m0/s1. The maximum absolute atomic E-state index is 13.4. The SMILES string of the molecule is O=C(Nc1ccc(C(F)(F)F)nc1)c1cnc2ccc(N3CC[C@H](F)C3)nn12. The zero-order chi connectivity index (χ0) is 19.9.